The average Bonchev–Trinajstić information content (AvgIpc) is 2.94. The van der Waals surface area contributed by atoms with E-state index in [1.165, 1.54) is 16.9 Å². The van der Waals surface area contributed by atoms with Gasteiger partial charge in [0.1, 0.15) is 11.5 Å². The van der Waals surface area contributed by atoms with E-state index in [2.05, 4.69) is 16.4 Å². The second-order valence-corrected chi connectivity index (χ2v) is 6.04. The van der Waals surface area contributed by atoms with Gasteiger partial charge in [0.15, 0.2) is 11.7 Å². The van der Waals surface area contributed by atoms with Crippen LogP contribution < -0.4 is 14.8 Å². The van der Waals surface area contributed by atoms with Crippen molar-refractivity contribution in [2.45, 2.75) is 6.92 Å². The van der Waals surface area contributed by atoms with Gasteiger partial charge in [-0.1, -0.05) is 23.5 Å². The van der Waals surface area contributed by atoms with Gasteiger partial charge in [-0.2, -0.15) is 0 Å². The number of hydrogen-bond donors (Lipinski definition) is 1. The van der Waals surface area contributed by atoms with E-state index < -0.39 is 0 Å². The first kappa shape index (κ1) is 15.3. The topological polar surface area (TPSA) is 60.5 Å². The van der Waals surface area contributed by atoms with Gasteiger partial charge in [0, 0.05) is 6.07 Å². The van der Waals surface area contributed by atoms with Crippen LogP contribution >= 0.6 is 11.3 Å². The number of thiazole rings is 1. The minimum atomic E-state index is -0.247. The zero-order chi connectivity index (χ0) is 16.2. The average molecular weight is 328 g/mol. The number of methoxy groups -OCH3 is 1. The van der Waals surface area contributed by atoms with Gasteiger partial charge in [0.2, 0.25) is 0 Å². The molecule has 1 heterocycles. The van der Waals surface area contributed by atoms with Crippen LogP contribution in [-0.2, 0) is 4.79 Å². The number of hydrogen-bond acceptors (Lipinski definition) is 5. The highest BCUT2D eigenvalue weighted by molar-refractivity contribution is 7.22. The maximum absolute atomic E-state index is 12.0. The van der Waals surface area contributed by atoms with Crippen molar-refractivity contribution in [3.8, 4) is 11.5 Å². The van der Waals surface area contributed by atoms with Gasteiger partial charge in [-0.3, -0.25) is 10.1 Å². The normalized spacial score (nSPS) is 10.5. The Kier molecular flexibility index (Phi) is 4.43. The Morgan fingerprint density at radius 2 is 2.04 bits per heavy atom. The molecule has 118 valence electrons. The number of aryl methyl sites for hydroxylation is 1. The number of benzene rings is 2. The summed E-state index contributed by atoms with van der Waals surface area (Å²) >= 11 is 1.45. The third kappa shape index (κ3) is 3.78. The van der Waals surface area contributed by atoms with Crippen LogP contribution in [0.2, 0.25) is 0 Å². The Labute approximate surface area is 137 Å². The summed E-state index contributed by atoms with van der Waals surface area (Å²) in [5, 5.41) is 3.34. The van der Waals surface area contributed by atoms with Gasteiger partial charge >= 0.3 is 0 Å². The molecule has 1 amide bonds. The molecule has 0 aliphatic rings. The smallest absolute Gasteiger partial charge is 0.264 e. The standard InChI is InChI=1S/C17H16N2O3S/c1-11-6-7-14-15(8-11)23-17(18-14)19-16(20)10-22-13-5-3-4-12(9-13)21-2/h3-9H,10H2,1-2H3,(H,18,19,20). The molecule has 5 nitrogen and oxygen atoms in total. The molecule has 3 aromatic rings. The number of fused-ring (bicyclic) bond motifs is 1. The number of carbonyl (C=O) groups is 1. The number of nitrogens with one attached hydrogen (secondary N) is 1. The molecule has 0 aliphatic carbocycles. The molecule has 23 heavy (non-hydrogen) atoms. The maximum atomic E-state index is 12.0. The lowest BCUT2D eigenvalue weighted by atomic mass is 10.2. The summed E-state index contributed by atoms with van der Waals surface area (Å²) in [4.78, 5) is 16.4. The monoisotopic (exact) mass is 328 g/mol. The van der Waals surface area contributed by atoms with Crippen LogP contribution in [0.15, 0.2) is 42.5 Å². The molecule has 0 radical (unpaired) electrons. The van der Waals surface area contributed by atoms with Crippen molar-refractivity contribution < 1.29 is 14.3 Å². The van der Waals surface area contributed by atoms with Crippen LogP contribution in [0.1, 0.15) is 5.56 Å². The first-order valence-electron chi connectivity index (χ1n) is 7.08. The highest BCUT2D eigenvalue weighted by atomic mass is 32.1. The first-order chi connectivity index (χ1) is 11.1. The number of carbonyl (C=O) groups excluding carboxylic acids is 1. The van der Waals surface area contributed by atoms with Crippen molar-refractivity contribution in [3.05, 3.63) is 48.0 Å². The third-order valence-electron chi connectivity index (χ3n) is 3.20. The van der Waals surface area contributed by atoms with Crippen LogP contribution in [0, 0.1) is 6.92 Å². The molecular weight excluding hydrogens is 312 g/mol. The van der Waals surface area contributed by atoms with Gasteiger partial charge in [0.05, 0.1) is 17.3 Å². The van der Waals surface area contributed by atoms with Crippen molar-refractivity contribution in [1.82, 2.24) is 4.98 Å². The highest BCUT2D eigenvalue weighted by Gasteiger charge is 2.09. The molecule has 2 aromatic carbocycles. The number of ether oxygens (including phenoxy) is 2. The molecule has 0 aliphatic heterocycles. The predicted octanol–water partition coefficient (Wildman–Crippen LogP) is 3.63. The number of aromatic nitrogens is 1. The summed E-state index contributed by atoms with van der Waals surface area (Å²) in [5.41, 5.74) is 2.05. The van der Waals surface area contributed by atoms with E-state index in [1.54, 1.807) is 19.2 Å². The van der Waals surface area contributed by atoms with Crippen molar-refractivity contribution in [3.63, 3.8) is 0 Å². The van der Waals surface area contributed by atoms with Crippen molar-refractivity contribution in [1.29, 1.82) is 0 Å². The fourth-order valence-corrected chi connectivity index (χ4v) is 3.06. The number of amides is 1. The predicted molar refractivity (Wildman–Crippen MR) is 91.5 cm³/mol. The van der Waals surface area contributed by atoms with E-state index in [9.17, 15) is 4.79 Å². The molecule has 0 unspecified atom stereocenters. The Bertz CT molecular complexity index is 845. The van der Waals surface area contributed by atoms with Gasteiger partial charge in [0.25, 0.3) is 5.91 Å². The molecule has 6 heteroatoms. The van der Waals surface area contributed by atoms with Gasteiger partial charge < -0.3 is 9.47 Å². The van der Waals surface area contributed by atoms with E-state index in [1.807, 2.05) is 31.2 Å². The van der Waals surface area contributed by atoms with E-state index in [4.69, 9.17) is 9.47 Å². The SMILES string of the molecule is COc1cccc(OCC(=O)Nc2nc3ccc(C)cc3s2)c1. The summed E-state index contributed by atoms with van der Waals surface area (Å²) < 4.78 is 11.6. The lowest BCUT2D eigenvalue weighted by molar-refractivity contribution is -0.118. The number of nitrogens with zero attached hydrogens (tertiary/aromatic N) is 1. The summed E-state index contributed by atoms with van der Waals surface area (Å²) in [6.45, 7) is 1.95. The molecule has 0 bridgehead atoms. The Hall–Kier alpha value is -2.60. The second kappa shape index (κ2) is 6.66. The first-order valence-corrected chi connectivity index (χ1v) is 7.89. The number of anilines is 1. The summed E-state index contributed by atoms with van der Waals surface area (Å²) in [5.74, 6) is 1.02. The van der Waals surface area contributed by atoms with Gasteiger partial charge in [-0.05, 0) is 36.8 Å². The molecule has 0 atom stereocenters. The van der Waals surface area contributed by atoms with E-state index >= 15 is 0 Å². The summed E-state index contributed by atoms with van der Waals surface area (Å²) in [6, 6.07) is 13.1. The molecule has 1 aromatic heterocycles. The third-order valence-corrected chi connectivity index (χ3v) is 4.14. The fraction of sp³-hybridized carbons (Fsp3) is 0.176. The van der Waals surface area contributed by atoms with Crippen molar-refractivity contribution >= 4 is 32.6 Å². The Morgan fingerprint density at radius 1 is 1.22 bits per heavy atom. The van der Waals surface area contributed by atoms with E-state index in [0.29, 0.717) is 16.6 Å². The molecule has 0 saturated heterocycles. The van der Waals surface area contributed by atoms with Crippen LogP contribution in [0.25, 0.3) is 10.2 Å². The molecule has 1 N–H and O–H groups in total. The minimum Gasteiger partial charge on any atom is -0.497 e. The molecule has 3 rings (SSSR count). The Morgan fingerprint density at radius 3 is 2.87 bits per heavy atom. The van der Waals surface area contributed by atoms with Gasteiger partial charge in [-0.25, -0.2) is 4.98 Å². The molecule has 0 saturated carbocycles. The van der Waals surface area contributed by atoms with Crippen molar-refractivity contribution in [2.75, 3.05) is 19.0 Å². The van der Waals surface area contributed by atoms with Crippen LogP contribution in [-0.4, -0.2) is 24.6 Å². The van der Waals surface area contributed by atoms with E-state index in [-0.39, 0.29) is 12.5 Å². The Balaban J connectivity index is 1.61. The molecular formula is C17H16N2O3S. The lowest BCUT2D eigenvalue weighted by Gasteiger charge is -2.07. The van der Waals surface area contributed by atoms with E-state index in [0.717, 1.165) is 10.2 Å². The summed E-state index contributed by atoms with van der Waals surface area (Å²) in [6.07, 6.45) is 0. The van der Waals surface area contributed by atoms with Crippen molar-refractivity contribution in [2.24, 2.45) is 0 Å². The van der Waals surface area contributed by atoms with Crippen LogP contribution in [0.5, 0.6) is 11.5 Å². The second-order valence-electron chi connectivity index (χ2n) is 5.01. The highest BCUT2D eigenvalue weighted by Crippen LogP contribution is 2.26. The molecule has 0 fully saturated rings. The quantitative estimate of drug-likeness (QED) is 0.777. The largest absolute Gasteiger partial charge is 0.497 e. The number of rotatable bonds is 5. The zero-order valence-electron chi connectivity index (χ0n) is 12.8. The maximum Gasteiger partial charge on any atom is 0.264 e. The minimum absolute atomic E-state index is 0.0812. The lowest BCUT2D eigenvalue weighted by Crippen LogP contribution is -2.19. The molecule has 0 spiro atoms. The van der Waals surface area contributed by atoms with Crippen LogP contribution in [0.3, 0.4) is 0 Å². The van der Waals surface area contributed by atoms with Gasteiger partial charge in [-0.15, -0.1) is 0 Å². The zero-order valence-corrected chi connectivity index (χ0v) is 13.6. The van der Waals surface area contributed by atoms with Crippen LogP contribution in [0.4, 0.5) is 5.13 Å². The summed E-state index contributed by atoms with van der Waals surface area (Å²) in [7, 11) is 1.58. The fourth-order valence-electron chi connectivity index (χ4n) is 2.08.